The number of primary amides is 2. The summed E-state index contributed by atoms with van der Waals surface area (Å²) in [5.74, 6) is -3.19. The smallest absolute Gasteiger partial charge is 0.316 e. The van der Waals surface area contributed by atoms with Crippen molar-refractivity contribution in [1.82, 2.24) is 10.3 Å². The number of amidine groups is 1. The number of amides is 3. The highest BCUT2D eigenvalue weighted by Gasteiger charge is 2.26. The van der Waals surface area contributed by atoms with Gasteiger partial charge in [-0.25, -0.2) is 4.99 Å². The number of nitrogens with one attached hydrogen (secondary N) is 2. The van der Waals surface area contributed by atoms with E-state index < -0.39 is 23.7 Å². The van der Waals surface area contributed by atoms with E-state index in [9.17, 15) is 19.2 Å². The lowest BCUT2D eigenvalue weighted by atomic mass is 10.1. The van der Waals surface area contributed by atoms with E-state index in [4.69, 9.17) is 27.8 Å². The van der Waals surface area contributed by atoms with Crippen LogP contribution in [-0.2, 0) is 9.53 Å². The first-order chi connectivity index (χ1) is 15.2. The maximum atomic E-state index is 12.5. The fourth-order valence-electron chi connectivity index (χ4n) is 2.50. The van der Waals surface area contributed by atoms with E-state index in [1.807, 2.05) is 0 Å². The number of esters is 1. The van der Waals surface area contributed by atoms with Crippen LogP contribution in [0.4, 0.5) is 5.82 Å². The van der Waals surface area contributed by atoms with Gasteiger partial charge >= 0.3 is 5.97 Å². The highest BCUT2D eigenvalue weighted by atomic mass is 35.5. The third-order valence-corrected chi connectivity index (χ3v) is 5.71. The minimum atomic E-state index is -0.963. The lowest BCUT2D eigenvalue weighted by molar-refractivity contribution is -0.139. The zero-order valence-corrected chi connectivity index (χ0v) is 19.5. The van der Waals surface area contributed by atoms with Crippen molar-refractivity contribution < 1.29 is 23.9 Å². The Kier molecular flexibility index (Phi) is 9.17. The molecule has 1 aromatic carbocycles. The van der Waals surface area contributed by atoms with Crippen molar-refractivity contribution in [1.29, 1.82) is 0 Å². The van der Waals surface area contributed by atoms with Crippen LogP contribution in [0, 0.1) is 0 Å². The highest BCUT2D eigenvalue weighted by Crippen LogP contribution is 2.32. The van der Waals surface area contributed by atoms with Gasteiger partial charge in [-0.05, 0) is 25.3 Å². The Hall–Kier alpha value is -2.96. The molecule has 0 bridgehead atoms. The number of halogens is 1. The van der Waals surface area contributed by atoms with Gasteiger partial charge in [-0.1, -0.05) is 47.3 Å². The number of ether oxygens (including phenoxy) is 1. The molecule has 2 rings (SSSR count). The van der Waals surface area contributed by atoms with Crippen molar-refractivity contribution in [3.8, 4) is 0 Å². The van der Waals surface area contributed by atoms with Gasteiger partial charge in [0.1, 0.15) is 5.82 Å². The number of carbonyl (C=O) groups excluding carboxylic acids is 4. The van der Waals surface area contributed by atoms with Gasteiger partial charge in [-0.15, -0.1) is 0 Å². The first-order valence-electron chi connectivity index (χ1n) is 9.02. The summed E-state index contributed by atoms with van der Waals surface area (Å²) >= 11 is 8.02. The Balaban J connectivity index is 2.43. The van der Waals surface area contributed by atoms with E-state index in [1.165, 1.54) is 6.07 Å². The monoisotopic (exact) mass is 497 g/mol. The molecule has 0 radical (unpaired) electrons. The fourth-order valence-corrected chi connectivity index (χ4v) is 3.96. The molecular weight excluding hydrogens is 478 g/mol. The molecular formula is C19H20ClN5O5S2. The third-order valence-electron chi connectivity index (χ3n) is 3.82. The van der Waals surface area contributed by atoms with Gasteiger partial charge in [0, 0.05) is 0 Å². The molecule has 13 heteroatoms. The zero-order chi connectivity index (χ0) is 23.8. The average molecular weight is 498 g/mol. The molecule has 0 aliphatic carbocycles. The first kappa shape index (κ1) is 25.3. The summed E-state index contributed by atoms with van der Waals surface area (Å²) in [6.07, 6.45) is 1.64. The molecule has 0 saturated carbocycles. The zero-order valence-electron chi connectivity index (χ0n) is 17.1. The molecule has 0 fully saturated rings. The van der Waals surface area contributed by atoms with Crippen LogP contribution in [0.1, 0.15) is 38.0 Å². The minimum Gasteiger partial charge on any atom is -0.465 e. The van der Waals surface area contributed by atoms with Crippen molar-refractivity contribution in [2.24, 2.45) is 16.5 Å². The Labute approximate surface area is 196 Å². The predicted molar refractivity (Wildman–Crippen MR) is 125 cm³/mol. The predicted octanol–water partition coefficient (Wildman–Crippen LogP) is 2.30. The van der Waals surface area contributed by atoms with Crippen molar-refractivity contribution >= 4 is 69.8 Å². The number of rotatable bonds is 8. The molecule has 6 N–H and O–H groups in total. The van der Waals surface area contributed by atoms with E-state index in [0.717, 1.165) is 23.5 Å². The Morgan fingerprint density at radius 1 is 1.16 bits per heavy atom. The van der Waals surface area contributed by atoms with Crippen molar-refractivity contribution in [3.05, 3.63) is 46.0 Å². The normalized spacial score (nSPS) is 11.2. The molecule has 1 heterocycles. The number of H-pyrrole nitrogens is 1. The number of hydrogen-bond acceptors (Lipinski definition) is 8. The highest BCUT2D eigenvalue weighted by molar-refractivity contribution is 8.13. The van der Waals surface area contributed by atoms with E-state index in [-0.39, 0.29) is 50.1 Å². The topological polar surface area (TPSA) is 170 Å². The van der Waals surface area contributed by atoms with Gasteiger partial charge in [0.25, 0.3) is 17.7 Å². The number of nitrogens with two attached hydrogens (primary N) is 2. The van der Waals surface area contributed by atoms with Gasteiger partial charge < -0.3 is 26.5 Å². The van der Waals surface area contributed by atoms with E-state index >= 15 is 0 Å². The Morgan fingerprint density at radius 3 is 2.38 bits per heavy atom. The molecule has 0 spiro atoms. The molecule has 2 aromatic rings. The molecule has 1 aromatic heterocycles. The van der Waals surface area contributed by atoms with Gasteiger partial charge in [0.05, 0.1) is 39.1 Å². The van der Waals surface area contributed by atoms with Crippen molar-refractivity contribution in [3.63, 3.8) is 0 Å². The van der Waals surface area contributed by atoms with Crippen molar-refractivity contribution in [2.45, 2.75) is 11.9 Å². The quantitative estimate of drug-likeness (QED) is 0.187. The van der Waals surface area contributed by atoms with Crippen LogP contribution in [0.2, 0.25) is 5.02 Å². The van der Waals surface area contributed by atoms with Gasteiger partial charge in [-0.2, -0.15) is 0 Å². The number of nitrogens with zero attached hydrogens (tertiary/aromatic N) is 1. The molecule has 3 amide bonds. The second-order valence-electron chi connectivity index (χ2n) is 5.93. The number of carbonyl (C=O) groups is 4. The van der Waals surface area contributed by atoms with Crippen LogP contribution in [0.15, 0.2) is 34.3 Å². The fraction of sp³-hybridized carbons (Fsp3) is 0.211. The van der Waals surface area contributed by atoms with E-state index in [2.05, 4.69) is 15.3 Å². The Morgan fingerprint density at radius 2 is 1.81 bits per heavy atom. The number of benzene rings is 1. The van der Waals surface area contributed by atoms with Crippen LogP contribution < -0.4 is 16.8 Å². The van der Waals surface area contributed by atoms with Crippen LogP contribution >= 0.6 is 35.1 Å². The molecule has 0 saturated heterocycles. The van der Waals surface area contributed by atoms with E-state index in [0.29, 0.717) is 0 Å². The number of hydrogen-bond donors (Lipinski definition) is 4. The van der Waals surface area contributed by atoms with Gasteiger partial charge in [0.2, 0.25) is 0 Å². The van der Waals surface area contributed by atoms with Crippen LogP contribution in [0.5, 0.6) is 0 Å². The summed E-state index contributed by atoms with van der Waals surface area (Å²) in [6.45, 7) is 1.85. The average Bonchev–Trinajstić information content (AvgIpc) is 3.10. The number of aromatic nitrogens is 1. The second kappa shape index (κ2) is 11.6. The summed E-state index contributed by atoms with van der Waals surface area (Å²) in [7, 11) is 0. The van der Waals surface area contributed by atoms with Crippen LogP contribution in [-0.4, -0.2) is 52.5 Å². The lowest BCUT2D eigenvalue weighted by Gasteiger charge is -2.07. The SMILES string of the molecule is CCOC(=O)CSc1[nH]c(/N=C(/NC(=O)c2ccccc2Cl)SC)c(C(N)=O)c1C(N)=O. The first-order valence-corrected chi connectivity index (χ1v) is 11.6. The molecule has 0 unspecified atom stereocenters. The minimum absolute atomic E-state index is 0.0941. The van der Waals surface area contributed by atoms with Crippen LogP contribution in [0.25, 0.3) is 0 Å². The summed E-state index contributed by atoms with van der Waals surface area (Å²) in [5.41, 5.74) is 10.6. The third kappa shape index (κ3) is 6.28. The standard InChI is InChI=1S/C19H20ClN5O5S2/c1-3-30-11(26)8-32-18-13(15(22)28)12(14(21)27)16(23-18)24-19(31-2)25-17(29)9-6-4-5-7-10(9)20/h4-7,23H,3,8H2,1-2H3,(H2,21,27)(H2,22,28)(H,24,25,29). The number of aromatic amines is 1. The lowest BCUT2D eigenvalue weighted by Crippen LogP contribution is -2.28. The van der Waals surface area contributed by atoms with Gasteiger partial charge in [0.15, 0.2) is 5.17 Å². The Bertz CT molecular complexity index is 1090. The second-order valence-corrected chi connectivity index (χ2v) is 8.12. The maximum absolute atomic E-state index is 12.5. The number of aliphatic imine (C=N–C) groups is 1. The molecule has 0 atom stereocenters. The number of thioether (sulfide) groups is 2. The van der Waals surface area contributed by atoms with Crippen molar-refractivity contribution in [2.75, 3.05) is 18.6 Å². The molecule has 0 aliphatic heterocycles. The molecule has 170 valence electrons. The van der Waals surface area contributed by atoms with Crippen LogP contribution in [0.3, 0.4) is 0 Å². The summed E-state index contributed by atoms with van der Waals surface area (Å²) in [4.78, 5) is 55.3. The molecule has 10 nitrogen and oxygen atoms in total. The summed E-state index contributed by atoms with van der Waals surface area (Å²) in [6, 6.07) is 6.43. The van der Waals surface area contributed by atoms with E-state index in [1.54, 1.807) is 31.4 Å². The summed E-state index contributed by atoms with van der Waals surface area (Å²) in [5, 5.41) is 3.05. The maximum Gasteiger partial charge on any atom is 0.316 e. The van der Waals surface area contributed by atoms with Gasteiger partial charge in [-0.3, -0.25) is 19.2 Å². The largest absolute Gasteiger partial charge is 0.465 e. The molecule has 32 heavy (non-hydrogen) atoms. The molecule has 0 aliphatic rings. The summed E-state index contributed by atoms with van der Waals surface area (Å²) < 4.78 is 4.86.